The molecule has 2 rings (SSSR count). The van der Waals surface area contributed by atoms with Crippen LogP contribution in [0, 0.1) is 0 Å². The van der Waals surface area contributed by atoms with Gasteiger partial charge in [-0.2, -0.15) is 0 Å². The summed E-state index contributed by atoms with van der Waals surface area (Å²) in [6.07, 6.45) is 1.07. The van der Waals surface area contributed by atoms with E-state index in [0.717, 1.165) is 17.1 Å². The van der Waals surface area contributed by atoms with E-state index in [9.17, 15) is 0 Å². The first-order valence-electron chi connectivity index (χ1n) is 4.40. The van der Waals surface area contributed by atoms with Crippen LogP contribution in [-0.4, -0.2) is 12.0 Å². The van der Waals surface area contributed by atoms with Crippen LogP contribution < -0.4 is 5.32 Å². The molecule has 1 heterocycles. The molecule has 68 valence electrons. The molecule has 1 aromatic carbocycles. The Kier molecular flexibility index (Phi) is 2.19. The zero-order chi connectivity index (χ0) is 9.26. The van der Waals surface area contributed by atoms with E-state index < -0.39 is 0 Å². The molecule has 0 unspecified atom stereocenters. The molecular weight excluding hydrogens is 180 g/mol. The van der Waals surface area contributed by atoms with Gasteiger partial charge in [0.05, 0.1) is 10.2 Å². The van der Waals surface area contributed by atoms with Gasteiger partial charge in [0.25, 0.3) is 0 Å². The lowest BCUT2D eigenvalue weighted by Crippen LogP contribution is -1.84. The number of thiazole rings is 1. The fraction of sp³-hybridized carbons (Fsp3) is 0.300. The second-order valence-corrected chi connectivity index (χ2v) is 3.96. The number of benzene rings is 1. The van der Waals surface area contributed by atoms with Gasteiger partial charge in [-0.25, -0.2) is 4.98 Å². The number of anilines is 1. The minimum Gasteiger partial charge on any atom is -0.365 e. The van der Waals surface area contributed by atoms with Gasteiger partial charge in [-0.3, -0.25) is 0 Å². The first-order chi connectivity index (χ1) is 6.33. The van der Waals surface area contributed by atoms with E-state index in [1.165, 1.54) is 10.3 Å². The minimum atomic E-state index is 0.989. The van der Waals surface area contributed by atoms with Gasteiger partial charge in [0.1, 0.15) is 0 Å². The molecule has 0 aliphatic carbocycles. The number of aryl methyl sites for hydroxylation is 1. The molecule has 0 fully saturated rings. The number of aromatic nitrogens is 1. The number of nitrogens with one attached hydrogen (secondary N) is 1. The van der Waals surface area contributed by atoms with Gasteiger partial charge in [0.2, 0.25) is 0 Å². The molecule has 2 aromatic rings. The lowest BCUT2D eigenvalue weighted by atomic mass is 10.2. The number of fused-ring (bicyclic) bond motifs is 1. The maximum Gasteiger partial charge on any atom is 0.183 e. The Bertz CT molecular complexity index is 418. The van der Waals surface area contributed by atoms with Crippen LogP contribution in [0.3, 0.4) is 0 Å². The molecule has 0 radical (unpaired) electrons. The van der Waals surface area contributed by atoms with E-state index in [-0.39, 0.29) is 0 Å². The van der Waals surface area contributed by atoms with Gasteiger partial charge in [-0.15, -0.1) is 0 Å². The molecule has 0 spiro atoms. The van der Waals surface area contributed by atoms with E-state index >= 15 is 0 Å². The monoisotopic (exact) mass is 192 g/mol. The van der Waals surface area contributed by atoms with E-state index in [2.05, 4.69) is 35.4 Å². The molecule has 0 saturated carbocycles. The van der Waals surface area contributed by atoms with Crippen molar-refractivity contribution in [1.82, 2.24) is 4.98 Å². The van der Waals surface area contributed by atoms with Crippen LogP contribution in [0.15, 0.2) is 18.2 Å². The molecule has 2 nitrogen and oxygen atoms in total. The predicted octanol–water partition coefficient (Wildman–Crippen LogP) is 2.90. The number of hydrogen-bond donors (Lipinski definition) is 1. The van der Waals surface area contributed by atoms with Gasteiger partial charge in [0.15, 0.2) is 5.13 Å². The Balaban J connectivity index is 2.57. The molecular formula is C10H12N2S. The molecule has 0 bridgehead atoms. The Morgan fingerprint density at radius 3 is 3.00 bits per heavy atom. The summed E-state index contributed by atoms with van der Waals surface area (Å²) in [5.41, 5.74) is 2.45. The molecule has 13 heavy (non-hydrogen) atoms. The molecule has 0 saturated heterocycles. The maximum atomic E-state index is 4.45. The van der Waals surface area contributed by atoms with Crippen molar-refractivity contribution in [3.05, 3.63) is 23.8 Å². The number of nitrogens with zero attached hydrogens (tertiary/aromatic N) is 1. The Hall–Kier alpha value is -1.09. The second kappa shape index (κ2) is 3.34. The van der Waals surface area contributed by atoms with Gasteiger partial charge < -0.3 is 5.32 Å². The van der Waals surface area contributed by atoms with Crippen LogP contribution in [0.2, 0.25) is 0 Å². The molecule has 1 aromatic heterocycles. The van der Waals surface area contributed by atoms with Crippen LogP contribution in [0.25, 0.3) is 10.2 Å². The number of hydrogen-bond acceptors (Lipinski definition) is 3. The van der Waals surface area contributed by atoms with Crippen molar-refractivity contribution in [1.29, 1.82) is 0 Å². The third kappa shape index (κ3) is 1.52. The lowest BCUT2D eigenvalue weighted by Gasteiger charge is -1.93. The van der Waals surface area contributed by atoms with E-state index in [1.54, 1.807) is 11.3 Å². The smallest absolute Gasteiger partial charge is 0.183 e. The van der Waals surface area contributed by atoms with Crippen molar-refractivity contribution in [2.75, 3.05) is 12.4 Å². The van der Waals surface area contributed by atoms with E-state index in [0.29, 0.717) is 0 Å². The van der Waals surface area contributed by atoms with Gasteiger partial charge in [-0.1, -0.05) is 24.3 Å². The highest BCUT2D eigenvalue weighted by molar-refractivity contribution is 7.22. The average Bonchev–Trinajstić information content (AvgIpc) is 2.58. The minimum absolute atomic E-state index is 0.989. The molecule has 0 amide bonds. The van der Waals surface area contributed by atoms with Gasteiger partial charge in [-0.05, 0) is 24.1 Å². The summed E-state index contributed by atoms with van der Waals surface area (Å²) < 4.78 is 1.25. The molecule has 0 aliphatic rings. The van der Waals surface area contributed by atoms with Crippen molar-refractivity contribution in [2.24, 2.45) is 0 Å². The van der Waals surface area contributed by atoms with Crippen molar-refractivity contribution >= 4 is 26.7 Å². The summed E-state index contributed by atoms with van der Waals surface area (Å²) in [7, 11) is 1.90. The average molecular weight is 192 g/mol. The summed E-state index contributed by atoms with van der Waals surface area (Å²) in [5.74, 6) is 0. The van der Waals surface area contributed by atoms with Crippen LogP contribution in [0.5, 0.6) is 0 Å². The summed E-state index contributed by atoms with van der Waals surface area (Å²) in [5, 5.41) is 4.05. The summed E-state index contributed by atoms with van der Waals surface area (Å²) in [6, 6.07) is 6.47. The van der Waals surface area contributed by atoms with Crippen LogP contribution in [-0.2, 0) is 6.42 Å². The lowest BCUT2D eigenvalue weighted by molar-refractivity contribution is 1.14. The Morgan fingerprint density at radius 1 is 1.46 bits per heavy atom. The fourth-order valence-corrected chi connectivity index (χ4v) is 2.10. The van der Waals surface area contributed by atoms with Crippen LogP contribution in [0.4, 0.5) is 5.13 Å². The third-order valence-corrected chi connectivity index (χ3v) is 3.13. The maximum absolute atomic E-state index is 4.45. The quantitative estimate of drug-likeness (QED) is 0.791. The van der Waals surface area contributed by atoms with Crippen LogP contribution in [0.1, 0.15) is 12.5 Å². The van der Waals surface area contributed by atoms with Crippen molar-refractivity contribution in [3.8, 4) is 0 Å². The first kappa shape index (κ1) is 8.51. The largest absolute Gasteiger partial charge is 0.365 e. The summed E-state index contributed by atoms with van der Waals surface area (Å²) >= 11 is 1.69. The predicted molar refractivity (Wildman–Crippen MR) is 58.5 cm³/mol. The summed E-state index contributed by atoms with van der Waals surface area (Å²) in [6.45, 7) is 2.16. The zero-order valence-electron chi connectivity index (χ0n) is 7.79. The highest BCUT2D eigenvalue weighted by atomic mass is 32.1. The second-order valence-electron chi connectivity index (χ2n) is 2.92. The van der Waals surface area contributed by atoms with Crippen LogP contribution >= 0.6 is 11.3 Å². The normalized spacial score (nSPS) is 10.6. The molecule has 0 aliphatic heterocycles. The Labute approximate surface area is 81.6 Å². The standard InChI is InChI=1S/C10H12N2S/c1-3-7-4-5-9-8(6-7)12-10(11-2)13-9/h4-6H,3H2,1-2H3,(H,11,12). The highest BCUT2D eigenvalue weighted by Gasteiger charge is 2.01. The highest BCUT2D eigenvalue weighted by Crippen LogP contribution is 2.26. The Morgan fingerprint density at radius 2 is 2.31 bits per heavy atom. The first-order valence-corrected chi connectivity index (χ1v) is 5.22. The number of rotatable bonds is 2. The van der Waals surface area contributed by atoms with Gasteiger partial charge in [0, 0.05) is 7.05 Å². The third-order valence-electron chi connectivity index (χ3n) is 2.07. The van der Waals surface area contributed by atoms with E-state index in [4.69, 9.17) is 0 Å². The SMILES string of the molecule is CCc1ccc2sc(NC)nc2c1. The molecule has 1 N–H and O–H groups in total. The molecule has 3 heteroatoms. The van der Waals surface area contributed by atoms with Gasteiger partial charge >= 0.3 is 0 Å². The zero-order valence-corrected chi connectivity index (χ0v) is 8.61. The van der Waals surface area contributed by atoms with Crippen molar-refractivity contribution < 1.29 is 0 Å². The van der Waals surface area contributed by atoms with Crippen molar-refractivity contribution in [2.45, 2.75) is 13.3 Å². The summed E-state index contributed by atoms with van der Waals surface area (Å²) in [4.78, 5) is 4.45. The molecule has 0 atom stereocenters. The van der Waals surface area contributed by atoms with Crippen molar-refractivity contribution in [3.63, 3.8) is 0 Å². The fourth-order valence-electron chi connectivity index (χ4n) is 1.30. The van der Waals surface area contributed by atoms with E-state index in [1.807, 2.05) is 7.05 Å². The topological polar surface area (TPSA) is 24.9 Å².